The van der Waals surface area contributed by atoms with Crippen molar-refractivity contribution in [3.63, 3.8) is 0 Å². The summed E-state index contributed by atoms with van der Waals surface area (Å²) in [5.74, 6) is 2.15. The van der Waals surface area contributed by atoms with Crippen molar-refractivity contribution >= 4 is 29.1 Å². The first-order valence-electron chi connectivity index (χ1n) is 7.28. The lowest BCUT2D eigenvalue weighted by Crippen LogP contribution is -2.24. The molecular formula is C16H21ClN4O. The first kappa shape index (κ1) is 16.4. The Morgan fingerprint density at radius 1 is 1.18 bits per heavy atom. The molecule has 0 radical (unpaired) electrons. The standard InChI is InChI=1S/C16H21ClN4O/c1-5-21(6-2)16-18-11(3)9-15(20-16)19-13-10-12(17)7-8-14(13)22-4/h7-10H,5-6H2,1-4H3,(H,18,19,20). The average molecular weight is 321 g/mol. The Bertz CT molecular complexity index is 644. The highest BCUT2D eigenvalue weighted by atomic mass is 35.5. The number of halogens is 1. The van der Waals surface area contributed by atoms with Gasteiger partial charge < -0.3 is 15.0 Å². The van der Waals surface area contributed by atoms with E-state index in [0.717, 1.165) is 30.3 Å². The minimum absolute atomic E-state index is 0.637. The normalized spacial score (nSPS) is 10.4. The fraction of sp³-hybridized carbons (Fsp3) is 0.375. The van der Waals surface area contributed by atoms with Gasteiger partial charge in [-0.3, -0.25) is 0 Å². The first-order valence-corrected chi connectivity index (χ1v) is 7.66. The van der Waals surface area contributed by atoms with Crippen molar-refractivity contribution in [2.45, 2.75) is 20.8 Å². The number of nitrogens with zero attached hydrogens (tertiary/aromatic N) is 3. The predicted octanol–water partition coefficient (Wildman–Crippen LogP) is 4.04. The van der Waals surface area contributed by atoms with Crippen LogP contribution in [0.2, 0.25) is 5.02 Å². The molecule has 5 nitrogen and oxygen atoms in total. The van der Waals surface area contributed by atoms with Gasteiger partial charge in [0, 0.05) is 29.9 Å². The zero-order valence-electron chi connectivity index (χ0n) is 13.4. The second kappa shape index (κ2) is 7.31. The van der Waals surface area contributed by atoms with Crippen molar-refractivity contribution in [3.05, 3.63) is 35.0 Å². The number of hydrogen-bond donors (Lipinski definition) is 1. The van der Waals surface area contributed by atoms with Crippen LogP contribution in [0.5, 0.6) is 5.75 Å². The van der Waals surface area contributed by atoms with Gasteiger partial charge in [0.05, 0.1) is 12.8 Å². The third-order valence-electron chi connectivity index (χ3n) is 3.31. The molecule has 0 spiro atoms. The molecule has 0 aliphatic rings. The van der Waals surface area contributed by atoms with Crippen LogP contribution in [0.3, 0.4) is 0 Å². The van der Waals surface area contributed by atoms with E-state index in [1.807, 2.05) is 25.1 Å². The summed E-state index contributed by atoms with van der Waals surface area (Å²) < 4.78 is 5.35. The van der Waals surface area contributed by atoms with E-state index in [2.05, 4.69) is 34.0 Å². The third-order valence-corrected chi connectivity index (χ3v) is 3.55. The molecule has 1 aromatic carbocycles. The van der Waals surface area contributed by atoms with Crippen LogP contribution < -0.4 is 15.0 Å². The lowest BCUT2D eigenvalue weighted by atomic mass is 10.3. The van der Waals surface area contributed by atoms with Gasteiger partial charge in [-0.25, -0.2) is 4.98 Å². The molecule has 0 bridgehead atoms. The number of benzene rings is 1. The molecule has 22 heavy (non-hydrogen) atoms. The van der Waals surface area contributed by atoms with Gasteiger partial charge in [0.1, 0.15) is 11.6 Å². The number of anilines is 3. The Kier molecular flexibility index (Phi) is 5.44. The van der Waals surface area contributed by atoms with Crippen LogP contribution in [-0.2, 0) is 0 Å². The van der Waals surface area contributed by atoms with Crippen LogP contribution in [0.25, 0.3) is 0 Å². The van der Waals surface area contributed by atoms with E-state index in [1.54, 1.807) is 13.2 Å². The van der Waals surface area contributed by atoms with Crippen molar-refractivity contribution in [2.75, 3.05) is 30.4 Å². The van der Waals surface area contributed by atoms with E-state index in [4.69, 9.17) is 16.3 Å². The van der Waals surface area contributed by atoms with Gasteiger partial charge in [0.25, 0.3) is 0 Å². The maximum Gasteiger partial charge on any atom is 0.227 e. The van der Waals surface area contributed by atoms with Gasteiger partial charge >= 0.3 is 0 Å². The fourth-order valence-corrected chi connectivity index (χ4v) is 2.35. The molecule has 6 heteroatoms. The highest BCUT2D eigenvalue weighted by Gasteiger charge is 2.10. The number of rotatable bonds is 6. The number of nitrogens with one attached hydrogen (secondary N) is 1. The lowest BCUT2D eigenvalue weighted by molar-refractivity contribution is 0.417. The fourth-order valence-electron chi connectivity index (χ4n) is 2.18. The minimum atomic E-state index is 0.637. The van der Waals surface area contributed by atoms with Gasteiger partial charge in [0.15, 0.2) is 0 Å². The first-order chi connectivity index (χ1) is 10.6. The monoisotopic (exact) mass is 320 g/mol. The summed E-state index contributed by atoms with van der Waals surface area (Å²) >= 11 is 6.06. The Morgan fingerprint density at radius 3 is 2.55 bits per heavy atom. The van der Waals surface area contributed by atoms with Crippen molar-refractivity contribution in [1.82, 2.24) is 9.97 Å². The highest BCUT2D eigenvalue weighted by Crippen LogP contribution is 2.30. The van der Waals surface area contributed by atoms with E-state index in [9.17, 15) is 0 Å². The van der Waals surface area contributed by atoms with Crippen molar-refractivity contribution < 1.29 is 4.74 Å². The lowest BCUT2D eigenvalue weighted by Gasteiger charge is -2.20. The molecule has 118 valence electrons. The molecule has 0 saturated carbocycles. The Hall–Kier alpha value is -2.01. The Morgan fingerprint density at radius 2 is 1.91 bits per heavy atom. The molecule has 0 atom stereocenters. The molecule has 2 aromatic rings. The summed E-state index contributed by atoms with van der Waals surface area (Å²) in [4.78, 5) is 11.2. The zero-order chi connectivity index (χ0) is 16.1. The van der Waals surface area contributed by atoms with Crippen molar-refractivity contribution in [1.29, 1.82) is 0 Å². The molecule has 1 aromatic heterocycles. The number of aryl methyl sites for hydroxylation is 1. The molecule has 0 aliphatic heterocycles. The summed E-state index contributed by atoms with van der Waals surface area (Å²) in [6.07, 6.45) is 0. The average Bonchev–Trinajstić information content (AvgIpc) is 2.48. The molecule has 0 saturated heterocycles. The van der Waals surface area contributed by atoms with Gasteiger partial charge in [-0.15, -0.1) is 0 Å². The number of ether oxygens (including phenoxy) is 1. The quantitative estimate of drug-likeness (QED) is 0.870. The SMILES string of the molecule is CCN(CC)c1nc(C)cc(Nc2cc(Cl)ccc2OC)n1. The van der Waals surface area contributed by atoms with E-state index >= 15 is 0 Å². The van der Waals surface area contributed by atoms with Crippen LogP contribution in [0.4, 0.5) is 17.5 Å². The van der Waals surface area contributed by atoms with E-state index in [-0.39, 0.29) is 0 Å². The Labute approximate surface area is 136 Å². The van der Waals surface area contributed by atoms with E-state index in [1.165, 1.54) is 0 Å². The minimum Gasteiger partial charge on any atom is -0.495 e. The molecule has 1 heterocycles. The maximum atomic E-state index is 6.06. The Balaban J connectivity index is 2.35. The number of methoxy groups -OCH3 is 1. The molecule has 2 rings (SSSR count). The molecule has 0 amide bonds. The van der Waals surface area contributed by atoms with Crippen LogP contribution in [-0.4, -0.2) is 30.2 Å². The second-order valence-corrected chi connectivity index (χ2v) is 5.27. The van der Waals surface area contributed by atoms with E-state index in [0.29, 0.717) is 16.7 Å². The number of aromatic nitrogens is 2. The topological polar surface area (TPSA) is 50.3 Å². The third kappa shape index (κ3) is 3.80. The largest absolute Gasteiger partial charge is 0.495 e. The van der Waals surface area contributed by atoms with Gasteiger partial charge in [-0.2, -0.15) is 4.98 Å². The predicted molar refractivity (Wildman–Crippen MR) is 91.6 cm³/mol. The van der Waals surface area contributed by atoms with Crippen LogP contribution in [0, 0.1) is 6.92 Å². The van der Waals surface area contributed by atoms with Crippen molar-refractivity contribution in [3.8, 4) is 5.75 Å². The van der Waals surface area contributed by atoms with Crippen LogP contribution >= 0.6 is 11.6 Å². The molecule has 0 aliphatic carbocycles. The highest BCUT2D eigenvalue weighted by molar-refractivity contribution is 6.31. The van der Waals surface area contributed by atoms with Crippen LogP contribution in [0.15, 0.2) is 24.3 Å². The second-order valence-electron chi connectivity index (χ2n) is 4.84. The van der Waals surface area contributed by atoms with Gasteiger partial charge in [-0.1, -0.05) is 11.6 Å². The van der Waals surface area contributed by atoms with Gasteiger partial charge in [0.2, 0.25) is 5.95 Å². The number of hydrogen-bond acceptors (Lipinski definition) is 5. The van der Waals surface area contributed by atoms with Crippen molar-refractivity contribution in [2.24, 2.45) is 0 Å². The van der Waals surface area contributed by atoms with Gasteiger partial charge in [-0.05, 0) is 39.0 Å². The molecule has 1 N–H and O–H groups in total. The summed E-state index contributed by atoms with van der Waals surface area (Å²) in [5.41, 5.74) is 1.68. The molecular weight excluding hydrogens is 300 g/mol. The smallest absolute Gasteiger partial charge is 0.227 e. The molecule has 0 fully saturated rings. The van der Waals surface area contributed by atoms with E-state index < -0.39 is 0 Å². The summed E-state index contributed by atoms with van der Waals surface area (Å²) in [7, 11) is 1.63. The summed E-state index contributed by atoms with van der Waals surface area (Å²) in [5, 5.41) is 3.90. The summed E-state index contributed by atoms with van der Waals surface area (Å²) in [6.45, 7) is 7.85. The maximum absolute atomic E-state index is 6.06. The zero-order valence-corrected chi connectivity index (χ0v) is 14.1. The summed E-state index contributed by atoms with van der Waals surface area (Å²) in [6, 6.07) is 7.32. The van der Waals surface area contributed by atoms with Crippen LogP contribution in [0.1, 0.15) is 19.5 Å². The molecule has 0 unspecified atom stereocenters.